The van der Waals surface area contributed by atoms with Crippen LogP contribution in [0.5, 0.6) is 5.75 Å². The van der Waals surface area contributed by atoms with Crippen LogP contribution in [0.25, 0.3) is 11.0 Å². The topological polar surface area (TPSA) is 44.4 Å². The molecule has 0 radical (unpaired) electrons. The Morgan fingerprint density at radius 3 is 2.63 bits per heavy atom. The predicted molar refractivity (Wildman–Crippen MR) is 112 cm³/mol. The van der Waals surface area contributed by atoms with Gasteiger partial charge in [0, 0.05) is 49.8 Å². The van der Waals surface area contributed by atoms with Crippen molar-refractivity contribution in [1.29, 1.82) is 0 Å². The Balaban J connectivity index is 1.19. The average Bonchev–Trinajstić information content (AvgIpc) is 3.04. The number of fused-ring (bicyclic) bond motifs is 1. The second-order valence-corrected chi connectivity index (χ2v) is 9.41. The molecule has 0 spiro atoms. The van der Waals surface area contributed by atoms with Gasteiger partial charge in [0.2, 0.25) is 0 Å². The van der Waals surface area contributed by atoms with Crippen molar-refractivity contribution in [3.63, 3.8) is 0 Å². The lowest BCUT2D eigenvalue weighted by molar-refractivity contribution is 0.0494. The summed E-state index contributed by atoms with van der Waals surface area (Å²) in [5, 5.41) is 0. The third kappa shape index (κ3) is 4.13. The van der Waals surface area contributed by atoms with Crippen LogP contribution >= 0.6 is 11.8 Å². The molecule has 0 bridgehead atoms. The summed E-state index contributed by atoms with van der Waals surface area (Å²) in [4.78, 5) is 13.4. The van der Waals surface area contributed by atoms with Gasteiger partial charge in [-0.3, -0.25) is 4.90 Å². The highest BCUT2D eigenvalue weighted by atomic mass is 32.2. The molecule has 2 aliphatic heterocycles. The van der Waals surface area contributed by atoms with Gasteiger partial charge in [0.15, 0.2) is 0 Å². The van der Waals surface area contributed by atoms with Crippen LogP contribution in [0.1, 0.15) is 37.9 Å². The fourth-order valence-electron chi connectivity index (χ4n) is 4.46. The lowest BCUT2D eigenvalue weighted by Gasteiger charge is -2.41. The van der Waals surface area contributed by atoms with Crippen LogP contribution in [0.15, 0.2) is 18.2 Å². The number of likely N-dealkylation sites (tertiary alicyclic amines) is 1. The number of hydrogen-bond donors (Lipinski definition) is 1. The number of nitrogens with one attached hydrogen (secondary N) is 1. The second kappa shape index (κ2) is 8.02. The first-order chi connectivity index (χ1) is 13.3. The number of benzene rings is 1. The van der Waals surface area contributed by atoms with Gasteiger partial charge in [-0.25, -0.2) is 4.98 Å². The van der Waals surface area contributed by atoms with E-state index in [1.165, 1.54) is 43.9 Å². The third-order valence-corrected chi connectivity index (χ3v) is 7.29. The maximum Gasteiger partial charge on any atom is 0.121 e. The highest BCUT2D eigenvalue weighted by molar-refractivity contribution is 7.99. The minimum absolute atomic E-state index is 0.354. The van der Waals surface area contributed by atoms with Crippen molar-refractivity contribution in [2.75, 3.05) is 37.7 Å². The van der Waals surface area contributed by atoms with Crippen LogP contribution in [-0.4, -0.2) is 69.6 Å². The second-order valence-electron chi connectivity index (χ2n) is 8.19. The Bertz CT molecular complexity index is 761. The molecule has 3 heterocycles. The van der Waals surface area contributed by atoms with Gasteiger partial charge in [0.1, 0.15) is 17.7 Å². The number of imidazole rings is 1. The number of nitrogens with zero attached hydrogens (tertiary/aromatic N) is 3. The maximum atomic E-state index is 6.31. The molecule has 6 heteroatoms. The molecule has 3 fully saturated rings. The van der Waals surface area contributed by atoms with Crippen LogP contribution in [0.2, 0.25) is 0 Å². The summed E-state index contributed by atoms with van der Waals surface area (Å²) in [5.41, 5.74) is 2.14. The SMILES string of the molecule is c1cc2nc(CN3CCSCC3)[nH]c2cc1OC1CCN(C2CCC2)CC1. The van der Waals surface area contributed by atoms with Crippen molar-refractivity contribution in [1.82, 2.24) is 19.8 Å². The molecule has 1 aliphatic carbocycles. The van der Waals surface area contributed by atoms with Gasteiger partial charge in [-0.05, 0) is 37.8 Å². The molecular formula is C21H30N4OS. The molecule has 3 aliphatic rings. The fourth-order valence-corrected chi connectivity index (χ4v) is 5.44. The Morgan fingerprint density at radius 1 is 1.07 bits per heavy atom. The molecular weight excluding hydrogens is 356 g/mol. The zero-order valence-electron chi connectivity index (χ0n) is 16.0. The van der Waals surface area contributed by atoms with Crippen LogP contribution < -0.4 is 4.74 Å². The summed E-state index contributed by atoms with van der Waals surface area (Å²) >= 11 is 2.05. The first-order valence-corrected chi connectivity index (χ1v) is 11.7. The largest absolute Gasteiger partial charge is 0.490 e. The molecule has 1 N–H and O–H groups in total. The number of ether oxygens (including phenoxy) is 1. The smallest absolute Gasteiger partial charge is 0.121 e. The molecule has 2 saturated heterocycles. The number of H-pyrrole nitrogens is 1. The van der Waals surface area contributed by atoms with Crippen molar-refractivity contribution >= 4 is 22.8 Å². The van der Waals surface area contributed by atoms with Gasteiger partial charge in [0.25, 0.3) is 0 Å². The Kier molecular flexibility index (Phi) is 5.29. The average molecular weight is 387 g/mol. The van der Waals surface area contributed by atoms with Gasteiger partial charge >= 0.3 is 0 Å². The first-order valence-electron chi connectivity index (χ1n) is 10.5. The number of thioether (sulfide) groups is 1. The zero-order valence-corrected chi connectivity index (χ0v) is 16.8. The van der Waals surface area contributed by atoms with Crippen molar-refractivity contribution in [3.8, 4) is 5.75 Å². The standard InChI is InChI=1S/C21H30N4OS/c1-2-16(3-1)25-8-6-17(7-9-25)26-18-4-5-19-20(14-18)23-21(22-19)15-24-10-12-27-13-11-24/h4-5,14,16-17H,1-3,6-13,15H2,(H,22,23). The molecule has 0 unspecified atom stereocenters. The number of piperidine rings is 1. The van der Waals surface area contributed by atoms with Crippen molar-refractivity contribution in [2.24, 2.45) is 0 Å². The van der Waals surface area contributed by atoms with Gasteiger partial charge in [-0.1, -0.05) is 6.42 Å². The third-order valence-electron chi connectivity index (χ3n) is 6.35. The van der Waals surface area contributed by atoms with Crippen LogP contribution in [0.3, 0.4) is 0 Å². The number of hydrogen-bond acceptors (Lipinski definition) is 5. The van der Waals surface area contributed by atoms with Crippen molar-refractivity contribution in [3.05, 3.63) is 24.0 Å². The molecule has 1 aromatic heterocycles. The van der Waals surface area contributed by atoms with Crippen LogP contribution in [-0.2, 0) is 6.54 Å². The van der Waals surface area contributed by atoms with E-state index in [0.717, 1.165) is 61.1 Å². The van der Waals surface area contributed by atoms with E-state index >= 15 is 0 Å². The summed E-state index contributed by atoms with van der Waals surface area (Å²) in [6.07, 6.45) is 6.88. The van der Waals surface area contributed by atoms with Crippen LogP contribution in [0, 0.1) is 0 Å². The highest BCUT2D eigenvalue weighted by Gasteiger charge is 2.29. The number of aromatic nitrogens is 2. The summed E-state index contributed by atoms with van der Waals surface area (Å²) in [5.74, 6) is 4.52. The summed E-state index contributed by atoms with van der Waals surface area (Å²) in [6.45, 7) is 5.64. The predicted octanol–water partition coefficient (Wildman–Crippen LogP) is 3.51. The quantitative estimate of drug-likeness (QED) is 0.852. The van der Waals surface area contributed by atoms with E-state index in [-0.39, 0.29) is 0 Å². The van der Waals surface area contributed by atoms with Crippen molar-refractivity contribution < 1.29 is 4.74 Å². The molecule has 0 amide bonds. The fraction of sp³-hybridized carbons (Fsp3) is 0.667. The molecule has 1 aromatic carbocycles. The summed E-state index contributed by atoms with van der Waals surface area (Å²) in [7, 11) is 0. The van der Waals surface area contributed by atoms with Crippen molar-refractivity contribution in [2.45, 2.75) is 50.8 Å². The number of rotatable bonds is 5. The Morgan fingerprint density at radius 2 is 1.89 bits per heavy atom. The molecule has 5 nitrogen and oxygen atoms in total. The highest BCUT2D eigenvalue weighted by Crippen LogP contribution is 2.29. The van der Waals surface area contributed by atoms with E-state index in [1.54, 1.807) is 0 Å². The molecule has 5 rings (SSSR count). The van der Waals surface area contributed by atoms with Crippen LogP contribution in [0.4, 0.5) is 0 Å². The first kappa shape index (κ1) is 17.8. The molecule has 27 heavy (non-hydrogen) atoms. The van der Waals surface area contributed by atoms with Gasteiger partial charge in [0.05, 0.1) is 17.6 Å². The Labute approximate surface area is 165 Å². The van der Waals surface area contributed by atoms with E-state index in [9.17, 15) is 0 Å². The monoisotopic (exact) mass is 386 g/mol. The molecule has 146 valence electrons. The normalized spacial score (nSPS) is 23.6. The van der Waals surface area contributed by atoms with Gasteiger partial charge in [-0.15, -0.1) is 0 Å². The lowest BCUT2D eigenvalue weighted by atomic mass is 9.90. The molecule has 0 atom stereocenters. The van der Waals surface area contributed by atoms with E-state index in [4.69, 9.17) is 9.72 Å². The molecule has 2 aromatic rings. The van der Waals surface area contributed by atoms with Gasteiger partial charge in [-0.2, -0.15) is 11.8 Å². The van der Waals surface area contributed by atoms with E-state index in [0.29, 0.717) is 6.10 Å². The van der Waals surface area contributed by atoms with Gasteiger partial charge < -0.3 is 14.6 Å². The maximum absolute atomic E-state index is 6.31. The zero-order chi connectivity index (χ0) is 18.1. The van der Waals surface area contributed by atoms with E-state index in [2.05, 4.69) is 33.0 Å². The minimum Gasteiger partial charge on any atom is -0.490 e. The van der Waals surface area contributed by atoms with E-state index < -0.39 is 0 Å². The minimum atomic E-state index is 0.354. The Hall–Kier alpha value is -1.24. The number of aromatic amines is 1. The summed E-state index contributed by atoms with van der Waals surface area (Å²) in [6, 6.07) is 7.18. The summed E-state index contributed by atoms with van der Waals surface area (Å²) < 4.78 is 6.31. The van der Waals surface area contributed by atoms with E-state index in [1.807, 2.05) is 11.8 Å². The lowest BCUT2D eigenvalue weighted by Crippen LogP contribution is -2.46. The molecule has 1 saturated carbocycles.